The molecule has 1 aliphatic heterocycles. The zero-order chi connectivity index (χ0) is 12.5. The summed E-state index contributed by atoms with van der Waals surface area (Å²) in [6.45, 7) is 6.84. The Morgan fingerprint density at radius 3 is 2.65 bits per heavy atom. The lowest BCUT2D eigenvalue weighted by Crippen LogP contribution is -2.55. The second-order valence-electron chi connectivity index (χ2n) is 5.27. The van der Waals surface area contributed by atoms with Gasteiger partial charge in [0.1, 0.15) is 5.54 Å². The monoisotopic (exact) mass is 236 g/mol. The van der Waals surface area contributed by atoms with Crippen LogP contribution >= 0.6 is 0 Å². The lowest BCUT2D eigenvalue weighted by atomic mass is 9.95. The first kappa shape index (κ1) is 12.1. The normalized spacial score (nSPS) is 23.7. The van der Waals surface area contributed by atoms with Crippen LogP contribution in [0, 0.1) is 0 Å². The van der Waals surface area contributed by atoms with Crippen LogP contribution in [0.15, 0.2) is 12.2 Å². The Hall–Kier alpha value is -1.32. The fourth-order valence-electron chi connectivity index (χ4n) is 2.82. The molecule has 0 aromatic carbocycles. The van der Waals surface area contributed by atoms with Gasteiger partial charge < -0.3 is 10.2 Å². The highest BCUT2D eigenvalue weighted by Crippen LogP contribution is 2.33. The van der Waals surface area contributed by atoms with Crippen molar-refractivity contribution in [3.63, 3.8) is 0 Å². The first-order valence-corrected chi connectivity index (χ1v) is 6.28. The molecule has 94 valence electrons. The molecule has 1 saturated carbocycles. The van der Waals surface area contributed by atoms with Crippen molar-refractivity contribution in [2.24, 2.45) is 0 Å². The largest absolute Gasteiger partial charge is 0.342 e. The molecule has 17 heavy (non-hydrogen) atoms. The van der Waals surface area contributed by atoms with Crippen molar-refractivity contribution in [3.05, 3.63) is 12.2 Å². The Morgan fingerprint density at radius 2 is 2.06 bits per heavy atom. The fourth-order valence-corrected chi connectivity index (χ4v) is 2.82. The summed E-state index contributed by atoms with van der Waals surface area (Å²) >= 11 is 0. The second-order valence-corrected chi connectivity index (χ2v) is 5.27. The Labute approximate surface area is 102 Å². The Morgan fingerprint density at radius 1 is 1.41 bits per heavy atom. The van der Waals surface area contributed by atoms with E-state index >= 15 is 0 Å². The van der Waals surface area contributed by atoms with E-state index in [1.807, 2.05) is 6.92 Å². The molecular formula is C13H20N2O2. The number of hydrogen-bond donors (Lipinski definition) is 1. The molecule has 0 atom stereocenters. The highest BCUT2D eigenvalue weighted by atomic mass is 16.2. The van der Waals surface area contributed by atoms with Gasteiger partial charge in [0.05, 0.1) is 0 Å². The molecular weight excluding hydrogens is 216 g/mol. The molecule has 2 amide bonds. The maximum Gasteiger partial charge on any atom is 0.248 e. The maximum atomic E-state index is 12.5. The number of hydrogen-bond acceptors (Lipinski definition) is 2. The minimum Gasteiger partial charge on any atom is -0.342 e. The molecule has 0 bridgehead atoms. The standard InChI is InChI=1S/C13H20N2O2/c1-10(2)9-15-8-5-11(16)14-13(12(15)17)6-3-4-7-13/h1,3-9H2,2H3,(H,14,16). The average molecular weight is 236 g/mol. The second kappa shape index (κ2) is 4.51. The zero-order valence-electron chi connectivity index (χ0n) is 10.4. The van der Waals surface area contributed by atoms with E-state index in [9.17, 15) is 9.59 Å². The van der Waals surface area contributed by atoms with Gasteiger partial charge in [-0.2, -0.15) is 0 Å². The molecule has 1 aliphatic carbocycles. The minimum absolute atomic E-state index is 0.00413. The quantitative estimate of drug-likeness (QED) is 0.733. The summed E-state index contributed by atoms with van der Waals surface area (Å²) in [5, 5.41) is 2.95. The summed E-state index contributed by atoms with van der Waals surface area (Å²) in [5.41, 5.74) is 0.351. The van der Waals surface area contributed by atoms with Crippen LogP contribution in [-0.2, 0) is 9.59 Å². The van der Waals surface area contributed by atoms with Gasteiger partial charge >= 0.3 is 0 Å². The van der Waals surface area contributed by atoms with Gasteiger partial charge in [-0.1, -0.05) is 25.0 Å². The summed E-state index contributed by atoms with van der Waals surface area (Å²) in [7, 11) is 0. The molecule has 1 saturated heterocycles. The van der Waals surface area contributed by atoms with Gasteiger partial charge in [0.2, 0.25) is 11.8 Å². The van der Waals surface area contributed by atoms with Crippen LogP contribution in [0.3, 0.4) is 0 Å². The highest BCUT2D eigenvalue weighted by molar-refractivity contribution is 5.93. The van der Waals surface area contributed by atoms with Crippen LogP contribution in [0.2, 0.25) is 0 Å². The van der Waals surface area contributed by atoms with Gasteiger partial charge in [0.25, 0.3) is 0 Å². The molecule has 2 rings (SSSR count). The van der Waals surface area contributed by atoms with Crippen molar-refractivity contribution in [2.75, 3.05) is 13.1 Å². The SMILES string of the molecule is C=C(C)CN1CCC(=O)NC2(CCCC2)C1=O. The smallest absolute Gasteiger partial charge is 0.248 e. The van der Waals surface area contributed by atoms with Gasteiger partial charge in [-0.05, 0) is 19.8 Å². The van der Waals surface area contributed by atoms with Crippen LogP contribution in [0.4, 0.5) is 0 Å². The summed E-state index contributed by atoms with van der Waals surface area (Å²) in [6, 6.07) is 0. The van der Waals surface area contributed by atoms with Crippen molar-refractivity contribution < 1.29 is 9.59 Å². The Balaban J connectivity index is 2.22. The lowest BCUT2D eigenvalue weighted by molar-refractivity contribution is -0.138. The third-order valence-corrected chi connectivity index (χ3v) is 3.60. The number of amides is 2. The molecule has 2 aliphatic rings. The van der Waals surface area contributed by atoms with Crippen LogP contribution in [-0.4, -0.2) is 35.3 Å². The molecule has 2 fully saturated rings. The highest BCUT2D eigenvalue weighted by Gasteiger charge is 2.46. The lowest BCUT2D eigenvalue weighted by Gasteiger charge is -2.31. The van der Waals surface area contributed by atoms with Crippen molar-refractivity contribution in [3.8, 4) is 0 Å². The average Bonchev–Trinajstić information content (AvgIpc) is 2.68. The number of nitrogens with one attached hydrogen (secondary N) is 1. The van der Waals surface area contributed by atoms with Crippen LogP contribution in [0.5, 0.6) is 0 Å². The third kappa shape index (κ3) is 2.35. The maximum absolute atomic E-state index is 12.5. The van der Waals surface area contributed by atoms with Gasteiger partial charge in [-0.15, -0.1) is 0 Å². The van der Waals surface area contributed by atoms with E-state index in [0.29, 0.717) is 19.5 Å². The van der Waals surface area contributed by atoms with E-state index in [4.69, 9.17) is 0 Å². The number of rotatable bonds is 2. The zero-order valence-corrected chi connectivity index (χ0v) is 10.4. The molecule has 0 unspecified atom stereocenters. The molecule has 1 spiro atoms. The van der Waals surface area contributed by atoms with E-state index in [-0.39, 0.29) is 11.8 Å². The predicted octanol–water partition coefficient (Wildman–Crippen LogP) is 1.22. The van der Waals surface area contributed by atoms with Crippen molar-refractivity contribution in [1.82, 2.24) is 10.2 Å². The molecule has 1 N–H and O–H groups in total. The van der Waals surface area contributed by atoms with E-state index in [1.54, 1.807) is 4.90 Å². The number of carbonyl (C=O) groups is 2. The van der Waals surface area contributed by atoms with E-state index in [2.05, 4.69) is 11.9 Å². The van der Waals surface area contributed by atoms with Gasteiger partial charge in [0.15, 0.2) is 0 Å². The van der Waals surface area contributed by atoms with Crippen LogP contribution in [0.25, 0.3) is 0 Å². The van der Waals surface area contributed by atoms with Crippen LogP contribution in [0.1, 0.15) is 39.0 Å². The summed E-state index contributed by atoms with van der Waals surface area (Å²) in [4.78, 5) is 26.0. The summed E-state index contributed by atoms with van der Waals surface area (Å²) in [6.07, 6.45) is 4.01. The molecule has 0 aromatic heterocycles. The third-order valence-electron chi connectivity index (χ3n) is 3.60. The Kier molecular flexibility index (Phi) is 3.22. The summed E-state index contributed by atoms with van der Waals surface area (Å²) in [5.74, 6) is 0.0910. The number of nitrogens with zero attached hydrogens (tertiary/aromatic N) is 1. The molecule has 1 heterocycles. The van der Waals surface area contributed by atoms with Crippen molar-refractivity contribution in [2.45, 2.75) is 44.6 Å². The van der Waals surface area contributed by atoms with Gasteiger partial charge in [-0.3, -0.25) is 9.59 Å². The first-order chi connectivity index (χ1) is 8.03. The predicted molar refractivity (Wildman–Crippen MR) is 65.4 cm³/mol. The molecule has 0 aromatic rings. The van der Waals surface area contributed by atoms with E-state index in [0.717, 1.165) is 31.3 Å². The summed E-state index contributed by atoms with van der Waals surface area (Å²) < 4.78 is 0. The van der Waals surface area contributed by atoms with E-state index < -0.39 is 5.54 Å². The van der Waals surface area contributed by atoms with Crippen molar-refractivity contribution >= 4 is 11.8 Å². The molecule has 4 heteroatoms. The molecule has 0 radical (unpaired) electrons. The van der Waals surface area contributed by atoms with Gasteiger partial charge in [0, 0.05) is 19.5 Å². The first-order valence-electron chi connectivity index (χ1n) is 6.28. The molecule has 4 nitrogen and oxygen atoms in total. The Bertz CT molecular complexity index is 356. The van der Waals surface area contributed by atoms with Crippen molar-refractivity contribution in [1.29, 1.82) is 0 Å². The topological polar surface area (TPSA) is 49.4 Å². The van der Waals surface area contributed by atoms with Crippen LogP contribution < -0.4 is 5.32 Å². The van der Waals surface area contributed by atoms with Gasteiger partial charge in [-0.25, -0.2) is 0 Å². The van der Waals surface area contributed by atoms with E-state index in [1.165, 1.54) is 0 Å². The number of carbonyl (C=O) groups excluding carboxylic acids is 2. The fraction of sp³-hybridized carbons (Fsp3) is 0.692. The minimum atomic E-state index is -0.608.